The third kappa shape index (κ3) is 4.55. The molecule has 1 aromatic rings. The van der Waals surface area contributed by atoms with Gasteiger partial charge in [0.15, 0.2) is 0 Å². The molecule has 0 radical (unpaired) electrons. The molecule has 0 aromatic carbocycles. The van der Waals surface area contributed by atoms with Gasteiger partial charge in [0.2, 0.25) is 0 Å². The summed E-state index contributed by atoms with van der Waals surface area (Å²) in [6, 6.07) is 0. The van der Waals surface area contributed by atoms with E-state index in [1.54, 1.807) is 12.4 Å². The Morgan fingerprint density at radius 3 is 2.85 bits per heavy atom. The van der Waals surface area contributed by atoms with Crippen molar-refractivity contribution in [2.45, 2.75) is 13.5 Å². The van der Waals surface area contributed by atoms with Gasteiger partial charge in [0.1, 0.15) is 6.33 Å². The number of rotatable bonds is 6. The molecular weight excluding hydrogens is 166 g/mol. The van der Waals surface area contributed by atoms with Gasteiger partial charge in [-0.1, -0.05) is 0 Å². The Balaban J connectivity index is 2.07. The zero-order chi connectivity index (χ0) is 9.36. The summed E-state index contributed by atoms with van der Waals surface area (Å²) in [5, 5.41) is 3.23. The van der Waals surface area contributed by atoms with Crippen LogP contribution in [0.1, 0.15) is 12.5 Å². The first-order valence-electron chi connectivity index (χ1n) is 4.46. The normalized spacial score (nSPS) is 10.2. The Morgan fingerprint density at radius 1 is 1.38 bits per heavy atom. The number of hydrogen-bond acceptors (Lipinski definition) is 4. The number of aromatic nitrogens is 2. The fourth-order valence-electron chi connectivity index (χ4n) is 0.943. The van der Waals surface area contributed by atoms with Gasteiger partial charge < -0.3 is 10.1 Å². The Bertz CT molecular complexity index is 215. The fraction of sp³-hybridized carbons (Fsp3) is 0.556. The maximum Gasteiger partial charge on any atom is 0.115 e. The summed E-state index contributed by atoms with van der Waals surface area (Å²) in [5.74, 6) is 0. The molecule has 0 atom stereocenters. The number of hydrogen-bond donors (Lipinski definition) is 1. The summed E-state index contributed by atoms with van der Waals surface area (Å²) in [4.78, 5) is 7.83. The first kappa shape index (κ1) is 10.1. The summed E-state index contributed by atoms with van der Waals surface area (Å²) in [7, 11) is 0. The molecular formula is C9H15N3O. The second kappa shape index (κ2) is 6.51. The quantitative estimate of drug-likeness (QED) is 0.653. The lowest BCUT2D eigenvalue weighted by atomic mass is 10.3. The lowest BCUT2D eigenvalue weighted by Crippen LogP contribution is -2.19. The van der Waals surface area contributed by atoms with E-state index >= 15 is 0 Å². The van der Waals surface area contributed by atoms with Gasteiger partial charge in [0.05, 0.1) is 6.61 Å². The standard InChI is InChI=1S/C9H15N3O/c1-2-13-4-3-10-5-9-6-11-8-12-7-9/h6-8,10H,2-5H2,1H3. The van der Waals surface area contributed by atoms with Crippen molar-refractivity contribution in [1.29, 1.82) is 0 Å². The van der Waals surface area contributed by atoms with Gasteiger partial charge in [0.25, 0.3) is 0 Å². The molecule has 0 amide bonds. The molecule has 4 heteroatoms. The van der Waals surface area contributed by atoms with E-state index in [1.165, 1.54) is 6.33 Å². The predicted molar refractivity (Wildman–Crippen MR) is 50.2 cm³/mol. The van der Waals surface area contributed by atoms with Gasteiger partial charge in [-0.2, -0.15) is 0 Å². The van der Waals surface area contributed by atoms with E-state index in [9.17, 15) is 0 Å². The summed E-state index contributed by atoms with van der Waals surface area (Å²) in [6.07, 6.45) is 5.14. The summed E-state index contributed by atoms with van der Waals surface area (Å²) < 4.78 is 5.18. The molecule has 1 N–H and O–H groups in total. The van der Waals surface area contributed by atoms with Crippen LogP contribution in [0.3, 0.4) is 0 Å². The molecule has 0 unspecified atom stereocenters. The smallest absolute Gasteiger partial charge is 0.115 e. The van der Waals surface area contributed by atoms with Crippen molar-refractivity contribution in [3.63, 3.8) is 0 Å². The average molecular weight is 181 g/mol. The zero-order valence-electron chi connectivity index (χ0n) is 7.86. The van der Waals surface area contributed by atoms with Crippen molar-refractivity contribution in [3.8, 4) is 0 Å². The highest BCUT2D eigenvalue weighted by atomic mass is 16.5. The maximum atomic E-state index is 5.18. The van der Waals surface area contributed by atoms with Crippen molar-refractivity contribution >= 4 is 0 Å². The molecule has 0 aliphatic rings. The van der Waals surface area contributed by atoms with E-state index in [2.05, 4.69) is 15.3 Å². The minimum Gasteiger partial charge on any atom is -0.380 e. The molecule has 0 fully saturated rings. The molecule has 0 spiro atoms. The highest BCUT2D eigenvalue weighted by molar-refractivity contribution is 5.01. The van der Waals surface area contributed by atoms with Crippen molar-refractivity contribution in [2.75, 3.05) is 19.8 Å². The Kier molecular flexibility index (Phi) is 5.05. The predicted octanol–water partition coefficient (Wildman–Crippen LogP) is 0.603. The van der Waals surface area contributed by atoms with Gasteiger partial charge in [-0.15, -0.1) is 0 Å². The van der Waals surface area contributed by atoms with E-state index in [0.717, 1.165) is 31.9 Å². The van der Waals surface area contributed by atoms with Gasteiger partial charge in [0, 0.05) is 37.7 Å². The van der Waals surface area contributed by atoms with Gasteiger partial charge in [-0.25, -0.2) is 9.97 Å². The van der Waals surface area contributed by atoms with E-state index in [1.807, 2.05) is 6.92 Å². The number of ether oxygens (including phenoxy) is 1. The van der Waals surface area contributed by atoms with Crippen LogP contribution >= 0.6 is 0 Å². The molecule has 4 nitrogen and oxygen atoms in total. The second-order valence-corrected chi connectivity index (χ2v) is 2.62. The minimum absolute atomic E-state index is 0.754. The molecule has 1 aromatic heterocycles. The lowest BCUT2D eigenvalue weighted by Gasteiger charge is -2.03. The summed E-state index contributed by atoms with van der Waals surface area (Å²) in [6.45, 7) is 5.18. The Morgan fingerprint density at radius 2 is 2.15 bits per heavy atom. The fourth-order valence-corrected chi connectivity index (χ4v) is 0.943. The van der Waals surface area contributed by atoms with E-state index < -0.39 is 0 Å². The van der Waals surface area contributed by atoms with Crippen LogP contribution in [-0.2, 0) is 11.3 Å². The van der Waals surface area contributed by atoms with Crippen LogP contribution in [0, 0.1) is 0 Å². The Hall–Kier alpha value is -1.00. The summed E-state index contributed by atoms with van der Waals surface area (Å²) >= 11 is 0. The molecule has 13 heavy (non-hydrogen) atoms. The Labute approximate surface area is 78.4 Å². The average Bonchev–Trinajstić information content (AvgIpc) is 2.19. The first-order chi connectivity index (χ1) is 6.43. The molecule has 1 heterocycles. The van der Waals surface area contributed by atoms with Crippen LogP contribution in [0.25, 0.3) is 0 Å². The van der Waals surface area contributed by atoms with Crippen LogP contribution in [0.4, 0.5) is 0 Å². The van der Waals surface area contributed by atoms with E-state index in [0.29, 0.717) is 0 Å². The first-order valence-corrected chi connectivity index (χ1v) is 4.46. The van der Waals surface area contributed by atoms with Crippen molar-refractivity contribution in [3.05, 3.63) is 24.3 Å². The lowest BCUT2D eigenvalue weighted by molar-refractivity contribution is 0.149. The molecule has 0 aliphatic carbocycles. The maximum absolute atomic E-state index is 5.18. The van der Waals surface area contributed by atoms with Crippen LogP contribution in [0.15, 0.2) is 18.7 Å². The topological polar surface area (TPSA) is 47.0 Å². The van der Waals surface area contributed by atoms with E-state index in [4.69, 9.17) is 4.74 Å². The number of nitrogens with one attached hydrogen (secondary N) is 1. The molecule has 0 saturated carbocycles. The summed E-state index contributed by atoms with van der Waals surface area (Å²) in [5.41, 5.74) is 1.10. The molecule has 1 rings (SSSR count). The third-order valence-corrected chi connectivity index (χ3v) is 1.57. The number of nitrogens with zero attached hydrogens (tertiary/aromatic N) is 2. The zero-order valence-corrected chi connectivity index (χ0v) is 7.86. The highest BCUT2D eigenvalue weighted by Crippen LogP contribution is 1.90. The SMILES string of the molecule is CCOCCNCc1cncnc1. The van der Waals surface area contributed by atoms with Crippen LogP contribution in [0.2, 0.25) is 0 Å². The minimum atomic E-state index is 0.754. The van der Waals surface area contributed by atoms with Crippen molar-refractivity contribution in [2.24, 2.45) is 0 Å². The van der Waals surface area contributed by atoms with Gasteiger partial charge >= 0.3 is 0 Å². The molecule has 0 bridgehead atoms. The third-order valence-electron chi connectivity index (χ3n) is 1.57. The van der Waals surface area contributed by atoms with Gasteiger partial charge in [-0.05, 0) is 6.92 Å². The highest BCUT2D eigenvalue weighted by Gasteiger charge is 1.91. The monoisotopic (exact) mass is 181 g/mol. The molecule has 0 saturated heterocycles. The van der Waals surface area contributed by atoms with Crippen LogP contribution in [0.5, 0.6) is 0 Å². The van der Waals surface area contributed by atoms with Crippen molar-refractivity contribution < 1.29 is 4.74 Å². The second-order valence-electron chi connectivity index (χ2n) is 2.62. The van der Waals surface area contributed by atoms with Crippen molar-refractivity contribution in [1.82, 2.24) is 15.3 Å². The van der Waals surface area contributed by atoms with E-state index in [-0.39, 0.29) is 0 Å². The van der Waals surface area contributed by atoms with Crippen LogP contribution < -0.4 is 5.32 Å². The van der Waals surface area contributed by atoms with Gasteiger partial charge in [-0.3, -0.25) is 0 Å². The van der Waals surface area contributed by atoms with Crippen LogP contribution in [-0.4, -0.2) is 29.7 Å². The largest absolute Gasteiger partial charge is 0.380 e. The molecule has 0 aliphatic heterocycles. The molecule has 72 valence electrons.